The van der Waals surface area contributed by atoms with Gasteiger partial charge in [-0.15, -0.1) is 5.10 Å². The SMILES string of the molecule is Cc1nc(-c2ncn3c2Cc2c(Cc4ccc(F)cc4)nnn2-c2cc(C(F)(F)F)ccc2-3)no1. The molecule has 0 fully saturated rings. The topological polar surface area (TPSA) is 87.5 Å². The van der Waals surface area contributed by atoms with Gasteiger partial charge >= 0.3 is 6.18 Å². The minimum atomic E-state index is -4.54. The third-order valence-electron chi connectivity index (χ3n) is 5.86. The van der Waals surface area contributed by atoms with Crippen molar-refractivity contribution in [2.75, 3.05) is 0 Å². The van der Waals surface area contributed by atoms with Crippen molar-refractivity contribution in [2.24, 2.45) is 0 Å². The monoisotopic (exact) mass is 481 g/mol. The number of halogens is 4. The number of fused-ring (bicyclic) bond motifs is 5. The maximum absolute atomic E-state index is 13.6. The van der Waals surface area contributed by atoms with Gasteiger partial charge in [0.25, 0.3) is 0 Å². The summed E-state index contributed by atoms with van der Waals surface area (Å²) in [4.78, 5) is 8.70. The average molecular weight is 481 g/mol. The van der Waals surface area contributed by atoms with Crippen LogP contribution in [-0.4, -0.2) is 34.7 Å². The highest BCUT2D eigenvalue weighted by molar-refractivity contribution is 5.63. The molecule has 176 valence electrons. The van der Waals surface area contributed by atoms with Crippen LogP contribution in [0.4, 0.5) is 17.6 Å². The first-order valence-corrected chi connectivity index (χ1v) is 10.5. The summed E-state index contributed by atoms with van der Waals surface area (Å²) < 4.78 is 62.3. The molecule has 3 aromatic heterocycles. The third kappa shape index (κ3) is 3.57. The summed E-state index contributed by atoms with van der Waals surface area (Å²) in [5.41, 5.74) is 2.84. The number of alkyl halides is 3. The van der Waals surface area contributed by atoms with Crippen molar-refractivity contribution in [1.82, 2.24) is 34.7 Å². The minimum Gasteiger partial charge on any atom is -0.339 e. The van der Waals surface area contributed by atoms with Gasteiger partial charge in [0.1, 0.15) is 17.8 Å². The van der Waals surface area contributed by atoms with Crippen LogP contribution < -0.4 is 0 Å². The Morgan fingerprint density at radius 1 is 1.03 bits per heavy atom. The fourth-order valence-corrected chi connectivity index (χ4v) is 4.20. The Morgan fingerprint density at radius 2 is 1.83 bits per heavy atom. The van der Waals surface area contributed by atoms with Gasteiger partial charge in [-0.05, 0) is 35.9 Å². The van der Waals surface area contributed by atoms with Gasteiger partial charge in [0.15, 0.2) is 0 Å². The second kappa shape index (κ2) is 7.58. The van der Waals surface area contributed by atoms with Crippen molar-refractivity contribution in [1.29, 1.82) is 0 Å². The molecule has 0 spiro atoms. The summed E-state index contributed by atoms with van der Waals surface area (Å²) in [6, 6.07) is 9.38. The number of hydrogen-bond acceptors (Lipinski definition) is 6. The molecule has 1 aliphatic rings. The molecule has 0 radical (unpaired) electrons. The first-order chi connectivity index (χ1) is 16.8. The van der Waals surface area contributed by atoms with Crippen molar-refractivity contribution in [3.05, 3.63) is 88.7 Å². The quantitative estimate of drug-likeness (QED) is 0.347. The summed E-state index contributed by atoms with van der Waals surface area (Å²) in [6.45, 7) is 1.65. The van der Waals surface area contributed by atoms with Crippen LogP contribution in [-0.2, 0) is 19.0 Å². The van der Waals surface area contributed by atoms with Gasteiger partial charge in [0.2, 0.25) is 11.7 Å². The number of imidazole rings is 1. The number of aromatic nitrogens is 7. The van der Waals surface area contributed by atoms with Crippen molar-refractivity contribution >= 4 is 0 Å². The molecule has 0 bridgehead atoms. The van der Waals surface area contributed by atoms with Crippen molar-refractivity contribution in [2.45, 2.75) is 25.9 Å². The Hall–Kier alpha value is -4.35. The maximum Gasteiger partial charge on any atom is 0.416 e. The average Bonchev–Trinajstić information content (AvgIpc) is 3.52. The van der Waals surface area contributed by atoms with E-state index in [0.717, 1.165) is 17.7 Å². The number of nitrogens with zero attached hydrogens (tertiary/aromatic N) is 7. The van der Waals surface area contributed by atoms with Crippen LogP contribution in [0.3, 0.4) is 0 Å². The van der Waals surface area contributed by atoms with Gasteiger partial charge in [0.05, 0.1) is 34.0 Å². The number of benzene rings is 2. The highest BCUT2D eigenvalue weighted by atomic mass is 19.4. The molecule has 2 aromatic carbocycles. The normalized spacial score (nSPS) is 12.7. The lowest BCUT2D eigenvalue weighted by Gasteiger charge is -2.13. The summed E-state index contributed by atoms with van der Waals surface area (Å²) in [5.74, 6) is 0.258. The molecule has 6 rings (SSSR count). The lowest BCUT2D eigenvalue weighted by Crippen LogP contribution is -2.09. The lowest BCUT2D eigenvalue weighted by molar-refractivity contribution is -0.137. The van der Waals surface area contributed by atoms with E-state index in [2.05, 4.69) is 25.4 Å². The van der Waals surface area contributed by atoms with Gasteiger partial charge in [0, 0.05) is 19.8 Å². The van der Waals surface area contributed by atoms with Crippen LogP contribution in [0.15, 0.2) is 53.3 Å². The van der Waals surface area contributed by atoms with Crippen LogP contribution in [0, 0.1) is 12.7 Å². The molecule has 0 saturated carbocycles. The molecule has 0 saturated heterocycles. The van der Waals surface area contributed by atoms with E-state index in [4.69, 9.17) is 4.52 Å². The molecule has 8 nitrogen and oxygen atoms in total. The number of aryl methyl sites for hydroxylation is 1. The molecule has 35 heavy (non-hydrogen) atoms. The van der Waals surface area contributed by atoms with E-state index in [9.17, 15) is 17.6 Å². The van der Waals surface area contributed by atoms with E-state index in [1.165, 1.54) is 29.2 Å². The van der Waals surface area contributed by atoms with E-state index in [1.807, 2.05) is 0 Å². The van der Waals surface area contributed by atoms with E-state index < -0.39 is 11.7 Å². The molecule has 0 atom stereocenters. The summed E-state index contributed by atoms with van der Waals surface area (Å²) in [7, 11) is 0. The molecular weight excluding hydrogens is 466 g/mol. The van der Waals surface area contributed by atoms with Crippen LogP contribution in [0.5, 0.6) is 0 Å². The van der Waals surface area contributed by atoms with E-state index in [-0.39, 0.29) is 23.7 Å². The fraction of sp³-hybridized carbons (Fsp3) is 0.174. The van der Waals surface area contributed by atoms with Crippen molar-refractivity contribution < 1.29 is 22.1 Å². The molecule has 1 aliphatic heterocycles. The van der Waals surface area contributed by atoms with E-state index in [0.29, 0.717) is 40.8 Å². The first kappa shape index (κ1) is 21.2. The van der Waals surface area contributed by atoms with Crippen LogP contribution in [0.2, 0.25) is 0 Å². The van der Waals surface area contributed by atoms with Crippen LogP contribution in [0.25, 0.3) is 22.9 Å². The molecule has 5 aromatic rings. The Bertz CT molecular complexity index is 1560. The zero-order valence-corrected chi connectivity index (χ0v) is 18.1. The van der Waals surface area contributed by atoms with Gasteiger partial charge < -0.3 is 4.52 Å². The Morgan fingerprint density at radius 3 is 2.54 bits per heavy atom. The predicted molar refractivity (Wildman–Crippen MR) is 114 cm³/mol. The molecule has 12 heteroatoms. The van der Waals surface area contributed by atoms with Gasteiger partial charge in [-0.3, -0.25) is 4.57 Å². The molecule has 0 aliphatic carbocycles. The second-order valence-electron chi connectivity index (χ2n) is 8.12. The summed E-state index contributed by atoms with van der Waals surface area (Å²) in [6.07, 6.45) is -2.47. The second-order valence-corrected chi connectivity index (χ2v) is 8.12. The molecule has 0 N–H and O–H groups in total. The first-order valence-electron chi connectivity index (χ1n) is 10.5. The minimum absolute atomic E-state index is 0.208. The molecule has 0 amide bonds. The van der Waals surface area contributed by atoms with Crippen LogP contribution in [0.1, 0.15) is 34.1 Å². The Balaban J connectivity index is 1.56. The predicted octanol–water partition coefficient (Wildman–Crippen LogP) is 4.46. The third-order valence-corrected chi connectivity index (χ3v) is 5.86. The zero-order chi connectivity index (χ0) is 24.3. The zero-order valence-electron chi connectivity index (χ0n) is 18.1. The molecule has 4 heterocycles. The summed E-state index contributed by atoms with van der Waals surface area (Å²) >= 11 is 0. The Labute approximate surface area is 194 Å². The van der Waals surface area contributed by atoms with Crippen molar-refractivity contribution in [3.63, 3.8) is 0 Å². The van der Waals surface area contributed by atoms with Gasteiger partial charge in [-0.1, -0.05) is 22.5 Å². The largest absolute Gasteiger partial charge is 0.416 e. The molecular formula is C23H15F4N7O. The smallest absolute Gasteiger partial charge is 0.339 e. The maximum atomic E-state index is 13.6. The molecule has 0 unspecified atom stereocenters. The van der Waals surface area contributed by atoms with E-state index >= 15 is 0 Å². The standard InChI is InChI=1S/C23H15F4N7O/c1-12-29-22(31-35-12)21-20-10-18-16(8-13-2-5-15(24)6-3-13)30-32-34(18)19-9-14(23(25,26)27)4-7-17(19)33(20)11-28-21/h2-7,9,11H,8,10H2,1H3. The number of rotatable bonds is 3. The van der Waals surface area contributed by atoms with Crippen LogP contribution >= 0.6 is 0 Å². The Kier molecular flexibility index (Phi) is 4.59. The van der Waals surface area contributed by atoms with Crippen molar-refractivity contribution in [3.8, 4) is 22.9 Å². The van der Waals surface area contributed by atoms with E-state index in [1.54, 1.807) is 23.6 Å². The van der Waals surface area contributed by atoms with Gasteiger partial charge in [-0.25, -0.2) is 14.1 Å². The highest BCUT2D eigenvalue weighted by Gasteiger charge is 2.34. The highest BCUT2D eigenvalue weighted by Crippen LogP contribution is 2.37. The summed E-state index contributed by atoms with van der Waals surface area (Å²) in [5, 5.41) is 12.4. The fourth-order valence-electron chi connectivity index (χ4n) is 4.20. The lowest BCUT2D eigenvalue weighted by atomic mass is 10.1. The number of hydrogen-bond donors (Lipinski definition) is 0. The van der Waals surface area contributed by atoms with Gasteiger partial charge in [-0.2, -0.15) is 18.2 Å².